The SMILES string of the molecule is CCOc1ccccc1C(=O)Cc1ccc(C)cc1. The summed E-state index contributed by atoms with van der Waals surface area (Å²) in [7, 11) is 0. The molecule has 0 aliphatic carbocycles. The van der Waals surface area contributed by atoms with Crippen molar-refractivity contribution < 1.29 is 9.53 Å². The average Bonchev–Trinajstić information content (AvgIpc) is 2.42. The zero-order valence-corrected chi connectivity index (χ0v) is 11.3. The van der Waals surface area contributed by atoms with Crippen molar-refractivity contribution in [1.29, 1.82) is 0 Å². The van der Waals surface area contributed by atoms with Crippen LogP contribution in [0.15, 0.2) is 48.5 Å². The quantitative estimate of drug-likeness (QED) is 0.758. The van der Waals surface area contributed by atoms with Gasteiger partial charge in [-0.2, -0.15) is 0 Å². The third kappa shape index (κ3) is 3.44. The number of para-hydroxylation sites is 1. The topological polar surface area (TPSA) is 26.3 Å². The summed E-state index contributed by atoms with van der Waals surface area (Å²) in [6.07, 6.45) is 0.407. The third-order valence-electron chi connectivity index (χ3n) is 2.97. The predicted molar refractivity (Wildman–Crippen MR) is 76.8 cm³/mol. The van der Waals surface area contributed by atoms with Gasteiger partial charge in [-0.3, -0.25) is 4.79 Å². The third-order valence-corrected chi connectivity index (χ3v) is 2.97. The van der Waals surface area contributed by atoms with Crippen molar-refractivity contribution in [2.45, 2.75) is 20.3 Å². The molecule has 0 fully saturated rings. The number of ether oxygens (including phenoxy) is 1. The Kier molecular flexibility index (Phi) is 4.35. The molecule has 2 aromatic rings. The summed E-state index contributed by atoms with van der Waals surface area (Å²) >= 11 is 0. The standard InChI is InChI=1S/C17H18O2/c1-3-19-17-7-5-4-6-15(17)16(18)12-14-10-8-13(2)9-11-14/h4-11H,3,12H2,1-2H3. The van der Waals surface area contributed by atoms with E-state index < -0.39 is 0 Å². The first-order valence-corrected chi connectivity index (χ1v) is 6.51. The van der Waals surface area contributed by atoms with Crippen molar-refractivity contribution in [2.75, 3.05) is 6.61 Å². The molecule has 0 amide bonds. The molecule has 2 aromatic carbocycles. The summed E-state index contributed by atoms with van der Waals surface area (Å²) in [5.41, 5.74) is 2.89. The van der Waals surface area contributed by atoms with Gasteiger partial charge >= 0.3 is 0 Å². The zero-order chi connectivity index (χ0) is 13.7. The lowest BCUT2D eigenvalue weighted by Crippen LogP contribution is -2.06. The van der Waals surface area contributed by atoms with Gasteiger partial charge in [-0.15, -0.1) is 0 Å². The molecule has 0 radical (unpaired) electrons. The first-order valence-electron chi connectivity index (χ1n) is 6.51. The highest BCUT2D eigenvalue weighted by Gasteiger charge is 2.12. The molecule has 0 saturated carbocycles. The highest BCUT2D eigenvalue weighted by atomic mass is 16.5. The molecule has 19 heavy (non-hydrogen) atoms. The first-order chi connectivity index (χ1) is 9.20. The van der Waals surface area contributed by atoms with Gasteiger partial charge in [-0.25, -0.2) is 0 Å². The second-order valence-electron chi connectivity index (χ2n) is 4.51. The number of Topliss-reactive ketones (excluding diaryl/α,β-unsaturated/α-hetero) is 1. The lowest BCUT2D eigenvalue weighted by atomic mass is 10.0. The molecule has 0 saturated heterocycles. The van der Waals surface area contributed by atoms with Crippen LogP contribution in [0.4, 0.5) is 0 Å². The summed E-state index contributed by atoms with van der Waals surface area (Å²) in [4.78, 5) is 12.3. The molecule has 2 heteroatoms. The van der Waals surface area contributed by atoms with E-state index in [1.807, 2.05) is 62.4 Å². The van der Waals surface area contributed by atoms with Crippen LogP contribution in [-0.2, 0) is 6.42 Å². The Morgan fingerprint density at radius 1 is 1.05 bits per heavy atom. The molecule has 0 spiro atoms. The van der Waals surface area contributed by atoms with Gasteiger partial charge in [0.05, 0.1) is 12.2 Å². The summed E-state index contributed by atoms with van der Waals surface area (Å²) in [5, 5.41) is 0. The van der Waals surface area contributed by atoms with E-state index in [-0.39, 0.29) is 5.78 Å². The molecule has 2 nitrogen and oxygen atoms in total. The average molecular weight is 254 g/mol. The molecule has 0 aliphatic heterocycles. The minimum atomic E-state index is 0.0907. The molecule has 0 bridgehead atoms. The number of rotatable bonds is 5. The van der Waals surface area contributed by atoms with Crippen molar-refractivity contribution >= 4 is 5.78 Å². The number of hydrogen-bond acceptors (Lipinski definition) is 2. The Labute approximate surface area is 114 Å². The van der Waals surface area contributed by atoms with Crippen LogP contribution >= 0.6 is 0 Å². The van der Waals surface area contributed by atoms with Gasteiger partial charge in [0.2, 0.25) is 0 Å². The Morgan fingerprint density at radius 2 is 1.74 bits per heavy atom. The van der Waals surface area contributed by atoms with Crippen molar-refractivity contribution in [3.63, 3.8) is 0 Å². The highest BCUT2D eigenvalue weighted by Crippen LogP contribution is 2.20. The van der Waals surface area contributed by atoms with E-state index in [4.69, 9.17) is 4.74 Å². The molecule has 0 aromatic heterocycles. The number of hydrogen-bond donors (Lipinski definition) is 0. The Hall–Kier alpha value is -2.09. The molecule has 0 atom stereocenters. The summed E-state index contributed by atoms with van der Waals surface area (Å²) < 4.78 is 5.49. The van der Waals surface area contributed by atoms with E-state index in [0.717, 1.165) is 5.56 Å². The van der Waals surface area contributed by atoms with Crippen LogP contribution in [-0.4, -0.2) is 12.4 Å². The summed E-state index contributed by atoms with van der Waals surface area (Å²) in [5.74, 6) is 0.759. The minimum absolute atomic E-state index is 0.0907. The molecule has 0 unspecified atom stereocenters. The number of carbonyl (C=O) groups excluding carboxylic acids is 1. The molecule has 0 heterocycles. The van der Waals surface area contributed by atoms with Gasteiger partial charge in [0.1, 0.15) is 5.75 Å². The van der Waals surface area contributed by atoms with Crippen LogP contribution in [0.5, 0.6) is 5.75 Å². The van der Waals surface area contributed by atoms with Crippen molar-refractivity contribution in [3.8, 4) is 5.75 Å². The van der Waals surface area contributed by atoms with Crippen LogP contribution in [0.3, 0.4) is 0 Å². The molecule has 98 valence electrons. The monoisotopic (exact) mass is 254 g/mol. The van der Waals surface area contributed by atoms with Gasteiger partial charge in [0.15, 0.2) is 5.78 Å². The molecule has 2 rings (SSSR count). The van der Waals surface area contributed by atoms with Crippen molar-refractivity contribution in [3.05, 3.63) is 65.2 Å². The lowest BCUT2D eigenvalue weighted by molar-refractivity contribution is 0.0989. The number of ketones is 1. The number of aryl methyl sites for hydroxylation is 1. The van der Waals surface area contributed by atoms with Gasteiger partial charge in [0, 0.05) is 6.42 Å². The van der Waals surface area contributed by atoms with Gasteiger partial charge in [-0.05, 0) is 31.5 Å². The summed E-state index contributed by atoms with van der Waals surface area (Å²) in [6, 6.07) is 15.5. The Morgan fingerprint density at radius 3 is 2.42 bits per heavy atom. The smallest absolute Gasteiger partial charge is 0.170 e. The maximum absolute atomic E-state index is 12.3. The van der Waals surface area contributed by atoms with E-state index >= 15 is 0 Å². The fraction of sp³-hybridized carbons (Fsp3) is 0.235. The van der Waals surface area contributed by atoms with Gasteiger partial charge in [-0.1, -0.05) is 42.0 Å². The largest absolute Gasteiger partial charge is 0.493 e. The van der Waals surface area contributed by atoms with Gasteiger partial charge < -0.3 is 4.74 Å². The van der Waals surface area contributed by atoms with E-state index in [2.05, 4.69) is 0 Å². The molecule has 0 N–H and O–H groups in total. The fourth-order valence-corrected chi connectivity index (χ4v) is 1.96. The maximum Gasteiger partial charge on any atom is 0.170 e. The molecule has 0 aliphatic rings. The second kappa shape index (κ2) is 6.19. The van der Waals surface area contributed by atoms with Crippen molar-refractivity contribution in [1.82, 2.24) is 0 Å². The second-order valence-corrected chi connectivity index (χ2v) is 4.51. The molecular formula is C17H18O2. The maximum atomic E-state index is 12.3. The molecular weight excluding hydrogens is 236 g/mol. The Bertz CT molecular complexity index is 556. The van der Waals surface area contributed by atoms with Crippen LogP contribution in [0, 0.1) is 6.92 Å². The first kappa shape index (κ1) is 13.3. The number of benzene rings is 2. The fourth-order valence-electron chi connectivity index (χ4n) is 1.96. The highest BCUT2D eigenvalue weighted by molar-refractivity contribution is 5.99. The minimum Gasteiger partial charge on any atom is -0.493 e. The van der Waals surface area contributed by atoms with Crippen LogP contribution in [0.25, 0.3) is 0 Å². The predicted octanol–water partition coefficient (Wildman–Crippen LogP) is 3.82. The summed E-state index contributed by atoms with van der Waals surface area (Å²) in [6.45, 7) is 4.52. The van der Waals surface area contributed by atoms with E-state index in [1.165, 1.54) is 5.56 Å². The van der Waals surface area contributed by atoms with Crippen LogP contribution < -0.4 is 4.74 Å². The van der Waals surface area contributed by atoms with E-state index in [0.29, 0.717) is 24.3 Å². The van der Waals surface area contributed by atoms with Crippen LogP contribution in [0.2, 0.25) is 0 Å². The van der Waals surface area contributed by atoms with Crippen LogP contribution in [0.1, 0.15) is 28.4 Å². The lowest BCUT2D eigenvalue weighted by Gasteiger charge is -2.09. The normalized spacial score (nSPS) is 10.2. The van der Waals surface area contributed by atoms with E-state index in [9.17, 15) is 4.79 Å². The number of carbonyl (C=O) groups is 1. The van der Waals surface area contributed by atoms with E-state index in [1.54, 1.807) is 0 Å². The zero-order valence-electron chi connectivity index (χ0n) is 11.3. The Balaban J connectivity index is 2.18. The van der Waals surface area contributed by atoms with Crippen molar-refractivity contribution in [2.24, 2.45) is 0 Å². The van der Waals surface area contributed by atoms with Gasteiger partial charge in [0.25, 0.3) is 0 Å².